The van der Waals surface area contributed by atoms with Crippen molar-refractivity contribution >= 4 is 17.2 Å². The molecule has 4 rings (SSSR count). The van der Waals surface area contributed by atoms with Gasteiger partial charge in [-0.25, -0.2) is 0 Å². The highest BCUT2D eigenvalue weighted by atomic mass is 32.1. The van der Waals surface area contributed by atoms with E-state index >= 15 is 0 Å². The monoisotopic (exact) mass is 468 g/mol. The first kappa shape index (κ1) is 23.8. The molecule has 1 saturated carbocycles. The molecule has 0 saturated heterocycles. The van der Waals surface area contributed by atoms with E-state index in [0.29, 0.717) is 25.7 Å². The molecule has 1 aliphatic carbocycles. The van der Waals surface area contributed by atoms with Crippen LogP contribution in [0.3, 0.4) is 0 Å². The van der Waals surface area contributed by atoms with Gasteiger partial charge >= 0.3 is 0 Å². The largest absolute Gasteiger partial charge is 0.491 e. The quantitative estimate of drug-likeness (QED) is 0.406. The van der Waals surface area contributed by atoms with Crippen LogP contribution >= 0.6 is 11.3 Å². The topological polar surface area (TPSA) is 62.2 Å². The van der Waals surface area contributed by atoms with Crippen LogP contribution < -0.4 is 4.74 Å². The Hall–Kier alpha value is -2.37. The van der Waals surface area contributed by atoms with Gasteiger partial charge in [0.1, 0.15) is 19.0 Å². The molecular weight excluding hydrogens is 436 g/mol. The van der Waals surface area contributed by atoms with Gasteiger partial charge in [-0.1, -0.05) is 18.1 Å². The number of aliphatic hydroxyl groups is 1. The van der Waals surface area contributed by atoms with Crippen LogP contribution in [-0.2, 0) is 16.0 Å². The summed E-state index contributed by atoms with van der Waals surface area (Å²) in [4.78, 5) is 18.9. The van der Waals surface area contributed by atoms with Gasteiger partial charge in [0.25, 0.3) is 0 Å². The maximum Gasteiger partial charge on any atom is 0.237 e. The minimum atomic E-state index is -0.669. The number of carbonyl (C=O) groups excluding carboxylic acids is 1. The van der Waals surface area contributed by atoms with E-state index in [4.69, 9.17) is 15.9 Å². The van der Waals surface area contributed by atoms with Crippen molar-refractivity contribution in [3.63, 3.8) is 0 Å². The Morgan fingerprint density at radius 1 is 1.39 bits per heavy atom. The lowest BCUT2D eigenvalue weighted by atomic mass is 10.0. The maximum absolute atomic E-state index is 13.5. The van der Waals surface area contributed by atoms with E-state index in [2.05, 4.69) is 22.3 Å². The van der Waals surface area contributed by atoms with Crippen molar-refractivity contribution < 1.29 is 19.4 Å². The first-order valence-corrected chi connectivity index (χ1v) is 12.4. The van der Waals surface area contributed by atoms with Crippen molar-refractivity contribution in [3.8, 4) is 18.1 Å². The number of hydrogen-bond donors (Lipinski definition) is 1. The number of carbonyl (C=O) groups is 1. The van der Waals surface area contributed by atoms with Gasteiger partial charge < -0.3 is 19.5 Å². The number of nitrogens with zero attached hydrogens (tertiary/aromatic N) is 2. The number of ether oxygens (including phenoxy) is 2. The van der Waals surface area contributed by atoms with Crippen molar-refractivity contribution in [2.24, 2.45) is 0 Å². The Morgan fingerprint density at radius 2 is 2.24 bits per heavy atom. The number of fused-ring (bicyclic) bond motifs is 1. The van der Waals surface area contributed by atoms with Gasteiger partial charge in [-0.3, -0.25) is 9.69 Å². The number of benzene rings is 1. The highest BCUT2D eigenvalue weighted by Gasteiger charge is 2.36. The number of aliphatic hydroxyl groups excluding tert-OH is 1. The summed E-state index contributed by atoms with van der Waals surface area (Å²) in [7, 11) is 0. The van der Waals surface area contributed by atoms with E-state index in [9.17, 15) is 9.90 Å². The smallest absolute Gasteiger partial charge is 0.237 e. The lowest BCUT2D eigenvalue weighted by molar-refractivity contribution is -0.136. The summed E-state index contributed by atoms with van der Waals surface area (Å²) < 4.78 is 11.4. The van der Waals surface area contributed by atoms with Crippen molar-refractivity contribution in [2.45, 2.75) is 44.4 Å². The molecule has 0 bridgehead atoms. The van der Waals surface area contributed by atoms with Gasteiger partial charge in [0.15, 0.2) is 0 Å². The number of terminal acetylenes is 1. The summed E-state index contributed by atoms with van der Waals surface area (Å²) in [5.74, 6) is 3.30. The summed E-state index contributed by atoms with van der Waals surface area (Å²) in [6.07, 6.45) is 7.51. The third kappa shape index (κ3) is 6.36. The molecular formula is C26H32N2O4S. The molecule has 0 radical (unpaired) electrons. The van der Waals surface area contributed by atoms with E-state index < -0.39 is 6.10 Å². The molecule has 6 nitrogen and oxygen atoms in total. The lowest BCUT2D eigenvalue weighted by Gasteiger charge is -2.37. The molecule has 1 amide bonds. The summed E-state index contributed by atoms with van der Waals surface area (Å²) in [5, 5.41) is 12.5. The normalized spacial score (nSPS) is 18.6. The van der Waals surface area contributed by atoms with Crippen LogP contribution in [0.2, 0.25) is 0 Å². The Morgan fingerprint density at radius 3 is 3.00 bits per heavy atom. The number of aryl methyl sites for hydroxylation is 1. The molecule has 33 heavy (non-hydrogen) atoms. The number of amides is 1. The Balaban J connectivity index is 1.42. The fraction of sp³-hybridized carbons (Fsp3) is 0.500. The minimum absolute atomic E-state index is 0.0772. The zero-order valence-electron chi connectivity index (χ0n) is 19.1. The molecule has 1 fully saturated rings. The number of hydrogen-bond acceptors (Lipinski definition) is 6. The third-order valence-corrected chi connectivity index (χ3v) is 7.15. The minimum Gasteiger partial charge on any atom is -0.491 e. The molecule has 1 aromatic carbocycles. The Kier molecular flexibility index (Phi) is 8.05. The average Bonchev–Trinajstić information content (AvgIpc) is 3.54. The van der Waals surface area contributed by atoms with Crippen molar-refractivity contribution in [2.75, 3.05) is 39.5 Å². The second-order valence-electron chi connectivity index (χ2n) is 8.81. The fourth-order valence-corrected chi connectivity index (χ4v) is 5.31. The molecule has 0 spiro atoms. The fourth-order valence-electron chi connectivity index (χ4n) is 4.38. The number of rotatable bonds is 11. The predicted octanol–water partition coefficient (Wildman–Crippen LogP) is 3.04. The lowest BCUT2D eigenvalue weighted by Crippen LogP contribution is -2.48. The zero-order valence-corrected chi connectivity index (χ0v) is 19.9. The zero-order chi connectivity index (χ0) is 23.2. The van der Waals surface area contributed by atoms with Crippen molar-refractivity contribution in [1.82, 2.24) is 9.80 Å². The summed E-state index contributed by atoms with van der Waals surface area (Å²) in [5.41, 5.74) is 2.33. The van der Waals surface area contributed by atoms with Crippen LogP contribution in [0.1, 0.15) is 34.9 Å². The van der Waals surface area contributed by atoms with Gasteiger partial charge in [-0.15, -0.1) is 17.8 Å². The van der Waals surface area contributed by atoms with Gasteiger partial charge in [-0.2, -0.15) is 0 Å². The molecule has 1 aliphatic heterocycles. The first-order valence-electron chi connectivity index (χ1n) is 11.5. The molecule has 2 aliphatic rings. The van der Waals surface area contributed by atoms with Crippen LogP contribution in [0.5, 0.6) is 5.75 Å². The van der Waals surface area contributed by atoms with E-state index in [1.54, 1.807) is 11.3 Å². The van der Waals surface area contributed by atoms with Crippen molar-refractivity contribution in [3.05, 3.63) is 51.7 Å². The van der Waals surface area contributed by atoms with Crippen molar-refractivity contribution in [1.29, 1.82) is 0 Å². The van der Waals surface area contributed by atoms with Crippen LogP contribution in [0.15, 0.2) is 35.7 Å². The molecule has 2 atom stereocenters. The number of thiophene rings is 1. The Labute approximate surface area is 200 Å². The third-order valence-electron chi connectivity index (χ3n) is 6.16. The van der Waals surface area contributed by atoms with Crippen LogP contribution in [0, 0.1) is 19.3 Å². The first-order chi connectivity index (χ1) is 16.0. The summed E-state index contributed by atoms with van der Waals surface area (Å²) in [6, 6.07) is 10.3. The molecule has 7 heteroatoms. The highest BCUT2D eigenvalue weighted by Crippen LogP contribution is 2.35. The average molecular weight is 469 g/mol. The van der Waals surface area contributed by atoms with E-state index in [1.807, 2.05) is 36.1 Å². The molecule has 0 unspecified atom stereocenters. The summed E-state index contributed by atoms with van der Waals surface area (Å²) in [6.45, 7) is 4.19. The predicted molar refractivity (Wildman–Crippen MR) is 129 cm³/mol. The SMILES string of the molecule is C#CCOC[C@@H](O)CN(CC(=O)N1CCc2sccc2[C@H]1COc1cccc(C)c1)C1CC1. The molecule has 2 aromatic rings. The second kappa shape index (κ2) is 11.2. The molecule has 1 N–H and O–H groups in total. The molecule has 176 valence electrons. The van der Waals surface area contributed by atoms with E-state index in [1.165, 1.54) is 10.4 Å². The highest BCUT2D eigenvalue weighted by molar-refractivity contribution is 7.10. The molecule has 2 heterocycles. The van der Waals surface area contributed by atoms with Gasteiger partial charge in [0, 0.05) is 24.0 Å². The van der Waals surface area contributed by atoms with Gasteiger partial charge in [0.05, 0.1) is 25.3 Å². The maximum atomic E-state index is 13.5. The van der Waals surface area contributed by atoms with E-state index in [0.717, 1.165) is 30.6 Å². The second-order valence-corrected chi connectivity index (χ2v) is 9.81. The van der Waals surface area contributed by atoms with Crippen LogP contribution in [-0.4, -0.2) is 72.4 Å². The Bertz CT molecular complexity index is 981. The van der Waals surface area contributed by atoms with Crippen LogP contribution in [0.25, 0.3) is 0 Å². The van der Waals surface area contributed by atoms with Crippen LogP contribution in [0.4, 0.5) is 0 Å². The van der Waals surface area contributed by atoms with Gasteiger partial charge in [0.2, 0.25) is 5.91 Å². The molecule has 1 aromatic heterocycles. The van der Waals surface area contributed by atoms with Gasteiger partial charge in [-0.05, 0) is 60.9 Å². The summed E-state index contributed by atoms with van der Waals surface area (Å²) >= 11 is 1.75. The van der Waals surface area contributed by atoms with E-state index in [-0.39, 0.29) is 31.7 Å². The standard InChI is InChI=1S/C26H32N2O4S/c1-3-12-31-17-21(29)15-27(20-7-8-20)16-26(30)28-11-9-25-23(10-13-33-25)24(28)18-32-22-6-4-5-19(2)14-22/h1,4-6,10,13-14,20-21,24,29H,7-9,11-12,15-18H2,2H3/t21-,24+/m0/s1.